The van der Waals surface area contributed by atoms with E-state index in [2.05, 4.69) is 88.5 Å². The third-order valence-corrected chi connectivity index (χ3v) is 9.98. The van der Waals surface area contributed by atoms with Crippen LogP contribution in [0.2, 0.25) is 0 Å². The van der Waals surface area contributed by atoms with Crippen LogP contribution in [-0.2, 0) is 18.2 Å². The van der Waals surface area contributed by atoms with Crippen molar-refractivity contribution in [3.8, 4) is 0 Å². The molecular weight excluding hydrogens is 670 g/mol. The first-order valence-electron chi connectivity index (χ1n) is 16.9. The summed E-state index contributed by atoms with van der Waals surface area (Å²) in [7, 11) is -9.06. The zero-order valence-electron chi connectivity index (χ0n) is 31.3. The first-order valence-corrected chi connectivity index (χ1v) is 20.0. The van der Waals surface area contributed by atoms with Crippen LogP contribution in [0.1, 0.15) is 88.5 Å². The highest BCUT2D eigenvalue weighted by Crippen LogP contribution is 2.49. The van der Waals surface area contributed by atoms with Crippen molar-refractivity contribution in [3.63, 3.8) is 0 Å². The van der Waals surface area contributed by atoms with Crippen LogP contribution >= 0.6 is 15.6 Å². The maximum atomic E-state index is 11.3. The highest BCUT2D eigenvalue weighted by atomic mass is 31.2. The van der Waals surface area contributed by atoms with Gasteiger partial charge in [0.15, 0.2) is 0 Å². The fourth-order valence-electron chi connectivity index (χ4n) is 6.59. The van der Waals surface area contributed by atoms with Crippen LogP contribution in [0.4, 0.5) is 0 Å². The van der Waals surface area contributed by atoms with Crippen molar-refractivity contribution in [2.75, 3.05) is 0 Å². The average molecular weight is 729 g/mol. The van der Waals surface area contributed by atoms with Crippen molar-refractivity contribution < 1.29 is 37.8 Å². The molecule has 0 aromatic rings. The Morgan fingerprint density at radius 3 is 1.68 bits per heavy atom. The molecule has 10 heteroatoms. The molecule has 0 bridgehead atoms. The van der Waals surface area contributed by atoms with Gasteiger partial charge in [-0.1, -0.05) is 152 Å². The SMILES string of the molecule is CC1=C[C@H](OP(=O)(O)O)CC(C)(C)[C@H]1/C=C/C(C)=C/C=C/C(C)=C/C=C/C=C(C)/C=C/C=C(C)/C=C/C1=C(C)C[C@@H](OP(=O)(O)O)CC1(C)C. The summed E-state index contributed by atoms with van der Waals surface area (Å²) in [6.07, 6.45) is 31.1. The van der Waals surface area contributed by atoms with Gasteiger partial charge in [-0.25, -0.2) is 9.13 Å². The van der Waals surface area contributed by atoms with E-state index in [1.807, 2.05) is 71.9 Å². The zero-order valence-corrected chi connectivity index (χ0v) is 33.1. The molecule has 2 aliphatic carbocycles. The van der Waals surface area contributed by atoms with Crippen molar-refractivity contribution >= 4 is 15.6 Å². The lowest BCUT2D eigenvalue weighted by Gasteiger charge is -2.40. The average Bonchev–Trinajstić information content (AvgIpc) is 2.91. The molecule has 0 saturated carbocycles. The van der Waals surface area contributed by atoms with E-state index in [0.29, 0.717) is 19.3 Å². The number of hydrogen-bond donors (Lipinski definition) is 4. The minimum absolute atomic E-state index is 0.140. The Balaban J connectivity index is 1.93. The number of rotatable bonds is 14. The Morgan fingerprint density at radius 1 is 0.720 bits per heavy atom. The number of allylic oxidation sites excluding steroid dienone is 20. The predicted molar refractivity (Wildman–Crippen MR) is 206 cm³/mol. The van der Waals surface area contributed by atoms with Gasteiger partial charge < -0.3 is 19.6 Å². The Labute approximate surface area is 300 Å². The van der Waals surface area contributed by atoms with E-state index in [0.717, 1.165) is 33.4 Å². The van der Waals surface area contributed by atoms with Crippen LogP contribution in [0.15, 0.2) is 130 Å². The van der Waals surface area contributed by atoms with Crippen LogP contribution < -0.4 is 0 Å². The molecule has 3 atom stereocenters. The standard InChI is InChI=1S/C40H58O8P2/c1-29(17-13-19-31(3)21-23-37-33(5)25-35(27-39(37,7)8)47-49(41,42)43)15-11-12-16-30(2)18-14-20-32(4)22-24-38-34(6)26-36(28-40(38,9)10)48-50(44,45)46/h11-25,35-37H,26-28H2,1-10H3,(H2,41,42,43)(H2,44,45,46)/b12-11+,17-13+,18-14+,23-21+,24-22+,29-15+,30-16+,31-19+,32-20+/t35-,36+,37-/m0/s1. The lowest BCUT2D eigenvalue weighted by Crippen LogP contribution is -2.33. The monoisotopic (exact) mass is 728 g/mol. The largest absolute Gasteiger partial charge is 0.470 e. The molecule has 50 heavy (non-hydrogen) atoms. The second kappa shape index (κ2) is 18.7. The minimum atomic E-state index is -4.54. The first-order chi connectivity index (χ1) is 23.0. The number of hydrogen-bond acceptors (Lipinski definition) is 4. The Kier molecular flexibility index (Phi) is 16.3. The number of phosphoric ester groups is 2. The van der Waals surface area contributed by atoms with E-state index in [9.17, 15) is 28.7 Å². The van der Waals surface area contributed by atoms with E-state index in [-0.39, 0.29) is 16.7 Å². The molecule has 0 radical (unpaired) electrons. The molecule has 0 spiro atoms. The van der Waals surface area contributed by atoms with Crippen LogP contribution in [0.5, 0.6) is 0 Å². The second-order valence-electron chi connectivity index (χ2n) is 14.9. The topological polar surface area (TPSA) is 134 Å². The van der Waals surface area contributed by atoms with Gasteiger partial charge in [-0.15, -0.1) is 0 Å². The van der Waals surface area contributed by atoms with Crippen LogP contribution in [-0.4, -0.2) is 31.8 Å². The molecule has 2 rings (SSSR count). The van der Waals surface area contributed by atoms with Gasteiger partial charge in [0.1, 0.15) is 0 Å². The minimum Gasteiger partial charge on any atom is -0.303 e. The van der Waals surface area contributed by atoms with E-state index < -0.39 is 27.9 Å². The van der Waals surface area contributed by atoms with Crippen LogP contribution in [0, 0.1) is 16.7 Å². The highest BCUT2D eigenvalue weighted by molar-refractivity contribution is 7.46. The molecule has 0 heterocycles. The Hall–Kier alpha value is -2.64. The van der Waals surface area contributed by atoms with E-state index in [1.54, 1.807) is 0 Å². The highest BCUT2D eigenvalue weighted by Gasteiger charge is 2.38. The smallest absolute Gasteiger partial charge is 0.303 e. The van der Waals surface area contributed by atoms with Gasteiger partial charge >= 0.3 is 15.6 Å². The van der Waals surface area contributed by atoms with E-state index >= 15 is 0 Å². The van der Waals surface area contributed by atoms with E-state index in [1.165, 1.54) is 5.57 Å². The van der Waals surface area contributed by atoms with Gasteiger partial charge in [-0.3, -0.25) is 9.05 Å². The molecule has 0 aromatic heterocycles. The summed E-state index contributed by atoms with van der Waals surface area (Å²) >= 11 is 0. The van der Waals surface area contributed by atoms with Crippen molar-refractivity contribution in [2.24, 2.45) is 16.7 Å². The fraction of sp³-hybridized carbons (Fsp3) is 0.450. The first kappa shape index (κ1) is 43.5. The molecule has 0 saturated heterocycles. The summed E-state index contributed by atoms with van der Waals surface area (Å²) in [5.74, 6) is 0.140. The molecule has 2 aliphatic rings. The number of phosphoric acid groups is 2. The van der Waals surface area contributed by atoms with Gasteiger partial charge in [0.2, 0.25) is 0 Å². The van der Waals surface area contributed by atoms with Gasteiger partial charge in [0, 0.05) is 5.92 Å². The molecule has 0 fully saturated rings. The molecular formula is C40H58O8P2. The van der Waals surface area contributed by atoms with Crippen molar-refractivity contribution in [2.45, 2.75) is 101 Å². The molecule has 8 nitrogen and oxygen atoms in total. The second-order valence-corrected chi connectivity index (χ2v) is 17.2. The summed E-state index contributed by atoms with van der Waals surface area (Å²) in [4.78, 5) is 36.8. The van der Waals surface area contributed by atoms with Gasteiger partial charge in [-0.2, -0.15) is 0 Å². The quantitative estimate of drug-likeness (QED) is 0.0789. The normalized spacial score (nSPS) is 24.9. The van der Waals surface area contributed by atoms with Gasteiger partial charge in [0.05, 0.1) is 12.2 Å². The summed E-state index contributed by atoms with van der Waals surface area (Å²) in [5, 5.41) is 0. The van der Waals surface area contributed by atoms with Crippen molar-refractivity contribution in [1.29, 1.82) is 0 Å². The Bertz CT molecular complexity index is 1640. The molecule has 0 amide bonds. The molecule has 0 aromatic carbocycles. The van der Waals surface area contributed by atoms with Crippen LogP contribution in [0.3, 0.4) is 0 Å². The Morgan fingerprint density at radius 2 is 1.20 bits per heavy atom. The summed E-state index contributed by atoms with van der Waals surface area (Å²) in [6, 6.07) is 0. The lowest BCUT2D eigenvalue weighted by atomic mass is 9.67. The molecule has 276 valence electrons. The third-order valence-electron chi connectivity index (χ3n) is 8.86. The maximum absolute atomic E-state index is 11.3. The van der Waals surface area contributed by atoms with Crippen molar-refractivity contribution in [3.05, 3.63) is 130 Å². The summed E-state index contributed by atoms with van der Waals surface area (Å²) in [6.45, 7) is 20.5. The summed E-state index contributed by atoms with van der Waals surface area (Å²) in [5.41, 5.74) is 7.23. The van der Waals surface area contributed by atoms with Gasteiger partial charge in [0.25, 0.3) is 0 Å². The predicted octanol–water partition coefficient (Wildman–Crippen LogP) is 10.6. The molecule has 0 unspecified atom stereocenters. The molecule has 4 N–H and O–H groups in total. The third kappa shape index (κ3) is 16.1. The fourth-order valence-corrected chi connectivity index (χ4v) is 7.62. The van der Waals surface area contributed by atoms with Crippen molar-refractivity contribution in [1.82, 2.24) is 0 Å². The zero-order chi connectivity index (χ0) is 37.9. The maximum Gasteiger partial charge on any atom is 0.470 e. The van der Waals surface area contributed by atoms with Crippen LogP contribution in [0.25, 0.3) is 0 Å². The van der Waals surface area contributed by atoms with Gasteiger partial charge in [-0.05, 0) is 77.2 Å². The molecule has 0 aliphatic heterocycles. The lowest BCUT2D eigenvalue weighted by molar-refractivity contribution is 0.0952. The van der Waals surface area contributed by atoms with E-state index in [4.69, 9.17) is 9.05 Å². The summed E-state index contributed by atoms with van der Waals surface area (Å²) < 4.78 is 32.6.